The van der Waals surface area contributed by atoms with Gasteiger partial charge in [-0.15, -0.1) is 0 Å². The standard InChI is InChI=1S/C17H20N4O4S/c1-12-3-4-14(20-17(22)15-9-13(2)18-11-19-15)10-16(12)26(23,24)21-5-7-25-8-6-21/h3-4,9-11H,5-8H2,1-2H3,(H,20,22). The Morgan fingerprint density at radius 2 is 1.88 bits per heavy atom. The molecule has 2 heterocycles. The van der Waals surface area contributed by atoms with E-state index >= 15 is 0 Å². The Hall–Kier alpha value is -2.36. The Bertz CT molecular complexity index is 924. The molecule has 1 fully saturated rings. The first kappa shape index (κ1) is 18.4. The van der Waals surface area contributed by atoms with Gasteiger partial charge in [0.15, 0.2) is 0 Å². The van der Waals surface area contributed by atoms with Gasteiger partial charge >= 0.3 is 0 Å². The lowest BCUT2D eigenvalue weighted by atomic mass is 10.2. The first-order valence-corrected chi connectivity index (χ1v) is 9.60. The molecule has 0 aliphatic carbocycles. The van der Waals surface area contributed by atoms with E-state index in [1.165, 1.54) is 16.7 Å². The number of morpholine rings is 1. The monoisotopic (exact) mass is 376 g/mol. The summed E-state index contributed by atoms with van der Waals surface area (Å²) in [6.45, 7) is 4.88. The third-order valence-electron chi connectivity index (χ3n) is 4.07. The summed E-state index contributed by atoms with van der Waals surface area (Å²) in [5.74, 6) is -0.422. The zero-order valence-corrected chi connectivity index (χ0v) is 15.4. The van der Waals surface area contributed by atoms with E-state index in [-0.39, 0.29) is 10.6 Å². The van der Waals surface area contributed by atoms with E-state index in [0.717, 1.165) is 0 Å². The lowest BCUT2D eigenvalue weighted by molar-refractivity contribution is 0.0730. The normalized spacial score (nSPS) is 15.6. The zero-order valence-electron chi connectivity index (χ0n) is 14.6. The van der Waals surface area contributed by atoms with Gasteiger partial charge in [-0.2, -0.15) is 4.31 Å². The van der Waals surface area contributed by atoms with Crippen molar-refractivity contribution in [2.45, 2.75) is 18.7 Å². The number of hydrogen-bond acceptors (Lipinski definition) is 6. The number of hydrogen-bond donors (Lipinski definition) is 1. The molecule has 1 amide bonds. The molecule has 26 heavy (non-hydrogen) atoms. The van der Waals surface area contributed by atoms with Crippen molar-refractivity contribution < 1.29 is 17.9 Å². The van der Waals surface area contributed by atoms with Crippen LogP contribution >= 0.6 is 0 Å². The molecule has 1 aromatic carbocycles. The maximum atomic E-state index is 12.9. The van der Waals surface area contributed by atoms with Gasteiger partial charge in [-0.05, 0) is 37.6 Å². The first-order valence-electron chi connectivity index (χ1n) is 8.16. The van der Waals surface area contributed by atoms with Gasteiger partial charge in [-0.1, -0.05) is 6.07 Å². The Kier molecular flexibility index (Phi) is 5.30. The molecule has 1 saturated heterocycles. The Morgan fingerprint density at radius 3 is 2.58 bits per heavy atom. The summed E-state index contributed by atoms with van der Waals surface area (Å²) < 4.78 is 32.4. The fourth-order valence-corrected chi connectivity index (χ4v) is 4.31. The third-order valence-corrected chi connectivity index (χ3v) is 6.11. The van der Waals surface area contributed by atoms with E-state index in [1.54, 1.807) is 32.0 Å². The molecule has 0 unspecified atom stereocenters. The number of carbonyl (C=O) groups excluding carboxylic acids is 1. The van der Waals surface area contributed by atoms with Crippen LogP contribution < -0.4 is 5.32 Å². The van der Waals surface area contributed by atoms with Gasteiger partial charge in [0.25, 0.3) is 5.91 Å². The number of aryl methyl sites for hydroxylation is 2. The van der Waals surface area contributed by atoms with Crippen LogP contribution in [0, 0.1) is 13.8 Å². The highest BCUT2D eigenvalue weighted by Gasteiger charge is 2.28. The molecule has 1 aliphatic rings. The fraction of sp³-hybridized carbons (Fsp3) is 0.353. The van der Waals surface area contributed by atoms with Crippen LogP contribution in [0.5, 0.6) is 0 Å². The molecule has 0 saturated carbocycles. The zero-order chi connectivity index (χ0) is 18.7. The van der Waals surface area contributed by atoms with Crippen LogP contribution in [0.2, 0.25) is 0 Å². The number of aromatic nitrogens is 2. The van der Waals surface area contributed by atoms with Crippen LogP contribution in [0.4, 0.5) is 5.69 Å². The van der Waals surface area contributed by atoms with E-state index in [0.29, 0.717) is 43.2 Å². The highest BCUT2D eigenvalue weighted by molar-refractivity contribution is 7.89. The number of rotatable bonds is 4. The van der Waals surface area contributed by atoms with Crippen molar-refractivity contribution in [2.75, 3.05) is 31.6 Å². The molecule has 0 spiro atoms. The minimum absolute atomic E-state index is 0.177. The molecule has 2 aromatic rings. The molecule has 3 rings (SSSR count). The van der Waals surface area contributed by atoms with E-state index in [1.807, 2.05) is 0 Å². The minimum Gasteiger partial charge on any atom is -0.379 e. The molecule has 0 atom stereocenters. The van der Waals surface area contributed by atoms with Crippen LogP contribution in [0.1, 0.15) is 21.7 Å². The Labute approximate surface area is 152 Å². The Balaban J connectivity index is 1.86. The van der Waals surface area contributed by atoms with Gasteiger partial charge in [0.1, 0.15) is 12.0 Å². The SMILES string of the molecule is Cc1cc(C(=O)Nc2ccc(C)c(S(=O)(=O)N3CCOCC3)c2)ncn1. The third kappa shape index (κ3) is 3.90. The largest absolute Gasteiger partial charge is 0.379 e. The van der Waals surface area contributed by atoms with Crippen molar-refractivity contribution >= 4 is 21.6 Å². The fourth-order valence-electron chi connectivity index (χ4n) is 2.66. The Morgan fingerprint density at radius 1 is 1.15 bits per heavy atom. The summed E-state index contributed by atoms with van der Waals surface area (Å²) in [7, 11) is -3.65. The second kappa shape index (κ2) is 7.48. The van der Waals surface area contributed by atoms with Crippen molar-refractivity contribution in [1.82, 2.24) is 14.3 Å². The lowest BCUT2D eigenvalue weighted by Gasteiger charge is -2.26. The molecule has 1 N–H and O–H groups in total. The van der Waals surface area contributed by atoms with E-state index in [4.69, 9.17) is 4.74 Å². The summed E-state index contributed by atoms with van der Waals surface area (Å²) in [6.07, 6.45) is 1.31. The summed E-state index contributed by atoms with van der Waals surface area (Å²) in [5, 5.41) is 2.69. The first-order chi connectivity index (χ1) is 12.4. The van der Waals surface area contributed by atoms with Gasteiger partial charge < -0.3 is 10.1 Å². The van der Waals surface area contributed by atoms with Crippen LogP contribution in [-0.2, 0) is 14.8 Å². The summed E-state index contributed by atoms with van der Waals surface area (Å²) in [6, 6.07) is 6.38. The molecule has 0 bridgehead atoms. The molecule has 0 radical (unpaired) electrons. The van der Waals surface area contributed by atoms with Crippen molar-refractivity contribution in [2.24, 2.45) is 0 Å². The average Bonchev–Trinajstić information content (AvgIpc) is 2.64. The number of carbonyl (C=O) groups is 1. The molecule has 1 aliphatic heterocycles. The number of sulfonamides is 1. The molecular weight excluding hydrogens is 356 g/mol. The summed E-state index contributed by atoms with van der Waals surface area (Å²) in [4.78, 5) is 20.4. The topological polar surface area (TPSA) is 101 Å². The lowest BCUT2D eigenvalue weighted by Crippen LogP contribution is -2.40. The smallest absolute Gasteiger partial charge is 0.274 e. The number of benzene rings is 1. The van der Waals surface area contributed by atoms with Gasteiger partial charge in [0.05, 0.1) is 18.1 Å². The highest BCUT2D eigenvalue weighted by atomic mass is 32.2. The quantitative estimate of drug-likeness (QED) is 0.865. The van der Waals surface area contributed by atoms with Crippen LogP contribution in [-0.4, -0.2) is 54.9 Å². The number of ether oxygens (including phenoxy) is 1. The second-order valence-electron chi connectivity index (χ2n) is 6.00. The molecule has 1 aromatic heterocycles. The van der Waals surface area contributed by atoms with Crippen molar-refractivity contribution in [3.8, 4) is 0 Å². The summed E-state index contributed by atoms with van der Waals surface area (Å²) in [5.41, 5.74) is 1.90. The highest BCUT2D eigenvalue weighted by Crippen LogP contribution is 2.24. The molecule has 138 valence electrons. The number of amides is 1. The second-order valence-corrected chi connectivity index (χ2v) is 7.90. The van der Waals surface area contributed by atoms with Gasteiger partial charge in [0.2, 0.25) is 10.0 Å². The van der Waals surface area contributed by atoms with E-state index in [9.17, 15) is 13.2 Å². The van der Waals surface area contributed by atoms with E-state index in [2.05, 4.69) is 15.3 Å². The van der Waals surface area contributed by atoms with Crippen LogP contribution in [0.25, 0.3) is 0 Å². The minimum atomic E-state index is -3.65. The number of nitrogens with one attached hydrogen (secondary N) is 1. The van der Waals surface area contributed by atoms with Crippen molar-refractivity contribution in [3.05, 3.63) is 47.5 Å². The maximum absolute atomic E-state index is 12.9. The van der Waals surface area contributed by atoms with Crippen LogP contribution in [0.3, 0.4) is 0 Å². The number of nitrogens with zero attached hydrogens (tertiary/aromatic N) is 3. The van der Waals surface area contributed by atoms with Gasteiger partial charge in [-0.25, -0.2) is 18.4 Å². The predicted molar refractivity (Wildman–Crippen MR) is 95.5 cm³/mol. The predicted octanol–water partition coefficient (Wildman–Crippen LogP) is 1.37. The van der Waals surface area contributed by atoms with Crippen molar-refractivity contribution in [3.63, 3.8) is 0 Å². The number of anilines is 1. The van der Waals surface area contributed by atoms with Crippen molar-refractivity contribution in [1.29, 1.82) is 0 Å². The molecule has 8 nitrogen and oxygen atoms in total. The van der Waals surface area contributed by atoms with E-state index < -0.39 is 15.9 Å². The summed E-state index contributed by atoms with van der Waals surface area (Å²) >= 11 is 0. The van der Waals surface area contributed by atoms with Gasteiger partial charge in [0, 0.05) is 24.5 Å². The molecular formula is C17H20N4O4S. The molecule has 9 heteroatoms. The van der Waals surface area contributed by atoms with Crippen LogP contribution in [0.15, 0.2) is 35.5 Å². The average molecular weight is 376 g/mol. The van der Waals surface area contributed by atoms with Gasteiger partial charge in [-0.3, -0.25) is 4.79 Å². The maximum Gasteiger partial charge on any atom is 0.274 e.